The zero-order valence-electron chi connectivity index (χ0n) is 9.41. The number of hydrogen-bond acceptors (Lipinski definition) is 4. The van der Waals surface area contributed by atoms with Crippen LogP contribution in [0.1, 0.15) is 32.6 Å². The average Bonchev–Trinajstić information content (AvgIpc) is 2.68. The fraction of sp³-hybridized carbons (Fsp3) is 0.636. The van der Waals surface area contributed by atoms with Gasteiger partial charge in [0.1, 0.15) is 11.0 Å². The number of hydrogen-bond donors (Lipinski definition) is 2. The second-order valence-corrected chi connectivity index (χ2v) is 4.80. The lowest BCUT2D eigenvalue weighted by molar-refractivity contribution is 0.481. The van der Waals surface area contributed by atoms with Gasteiger partial charge in [-0.1, -0.05) is 24.4 Å². The molecular formula is C11H17ClN4. The highest BCUT2D eigenvalue weighted by atomic mass is 35.5. The van der Waals surface area contributed by atoms with Crippen LogP contribution in [0, 0.1) is 5.92 Å². The van der Waals surface area contributed by atoms with Gasteiger partial charge in [-0.15, -0.1) is 0 Å². The maximum absolute atomic E-state index is 5.82. The number of nitrogens with zero attached hydrogens (tertiary/aromatic N) is 2. The summed E-state index contributed by atoms with van der Waals surface area (Å²) in [5.74, 6) is 1.67. The fourth-order valence-corrected chi connectivity index (χ4v) is 2.51. The van der Waals surface area contributed by atoms with Gasteiger partial charge in [0.2, 0.25) is 5.95 Å². The largest absolute Gasteiger partial charge is 0.368 e. The van der Waals surface area contributed by atoms with Crippen molar-refractivity contribution in [3.8, 4) is 0 Å². The zero-order chi connectivity index (χ0) is 11.5. The van der Waals surface area contributed by atoms with E-state index in [9.17, 15) is 0 Å². The molecule has 1 aliphatic carbocycles. The standard InChI is InChI=1S/C11H17ClN4/c1-7(8-4-2-3-5-8)14-10-6-9(12)15-11(13)16-10/h6-8H,2-5H2,1H3,(H3,13,14,15,16). The van der Waals surface area contributed by atoms with Crippen LogP contribution in [0.5, 0.6) is 0 Å². The Labute approximate surface area is 101 Å². The Morgan fingerprint density at radius 2 is 2.12 bits per heavy atom. The lowest BCUT2D eigenvalue weighted by Crippen LogP contribution is -2.24. The monoisotopic (exact) mass is 240 g/mol. The van der Waals surface area contributed by atoms with Crippen LogP contribution in [-0.4, -0.2) is 16.0 Å². The molecule has 3 N–H and O–H groups in total. The van der Waals surface area contributed by atoms with Gasteiger partial charge in [-0.3, -0.25) is 0 Å². The number of halogens is 1. The van der Waals surface area contributed by atoms with Gasteiger partial charge in [0.15, 0.2) is 0 Å². The van der Waals surface area contributed by atoms with Crippen LogP contribution in [0.2, 0.25) is 5.15 Å². The summed E-state index contributed by atoms with van der Waals surface area (Å²) in [6, 6.07) is 2.12. The molecule has 5 heteroatoms. The quantitative estimate of drug-likeness (QED) is 0.798. The van der Waals surface area contributed by atoms with E-state index in [0.29, 0.717) is 11.2 Å². The van der Waals surface area contributed by atoms with Crippen molar-refractivity contribution in [1.29, 1.82) is 0 Å². The van der Waals surface area contributed by atoms with E-state index in [1.165, 1.54) is 25.7 Å². The van der Waals surface area contributed by atoms with Crippen LogP contribution < -0.4 is 11.1 Å². The number of rotatable bonds is 3. The first-order chi connectivity index (χ1) is 7.65. The maximum Gasteiger partial charge on any atom is 0.223 e. The molecular weight excluding hydrogens is 224 g/mol. The molecule has 0 saturated heterocycles. The molecule has 1 aromatic rings. The summed E-state index contributed by atoms with van der Waals surface area (Å²) in [4.78, 5) is 7.95. The zero-order valence-corrected chi connectivity index (χ0v) is 10.2. The summed E-state index contributed by atoms with van der Waals surface area (Å²) in [5.41, 5.74) is 5.54. The molecule has 1 fully saturated rings. The van der Waals surface area contributed by atoms with E-state index in [1.807, 2.05) is 0 Å². The highest BCUT2D eigenvalue weighted by molar-refractivity contribution is 6.29. The average molecular weight is 241 g/mol. The van der Waals surface area contributed by atoms with E-state index in [2.05, 4.69) is 22.2 Å². The summed E-state index contributed by atoms with van der Waals surface area (Å²) in [6.07, 6.45) is 5.26. The molecule has 1 heterocycles. The molecule has 0 bridgehead atoms. The van der Waals surface area contributed by atoms with Crippen molar-refractivity contribution >= 4 is 23.4 Å². The van der Waals surface area contributed by atoms with Crippen LogP contribution >= 0.6 is 11.6 Å². The highest BCUT2D eigenvalue weighted by Gasteiger charge is 2.21. The summed E-state index contributed by atoms with van der Waals surface area (Å²) >= 11 is 5.82. The SMILES string of the molecule is CC(Nc1cc(Cl)nc(N)n1)C1CCCC1. The van der Waals surface area contributed by atoms with Gasteiger partial charge in [0.05, 0.1) is 0 Å². The predicted octanol–water partition coefficient (Wildman–Crippen LogP) is 2.70. The lowest BCUT2D eigenvalue weighted by Gasteiger charge is -2.20. The Bertz CT molecular complexity index is 343. The maximum atomic E-state index is 5.82. The van der Waals surface area contributed by atoms with Crippen LogP contribution in [0.15, 0.2) is 6.07 Å². The Kier molecular flexibility index (Phi) is 3.49. The Balaban J connectivity index is 2.02. The second kappa shape index (κ2) is 4.87. The summed E-state index contributed by atoms with van der Waals surface area (Å²) < 4.78 is 0. The van der Waals surface area contributed by atoms with E-state index in [1.54, 1.807) is 6.07 Å². The fourth-order valence-electron chi connectivity index (χ4n) is 2.32. The van der Waals surface area contributed by atoms with Crippen LogP contribution in [0.3, 0.4) is 0 Å². The van der Waals surface area contributed by atoms with E-state index in [0.717, 1.165) is 11.7 Å². The molecule has 88 valence electrons. The molecule has 1 aliphatic rings. The van der Waals surface area contributed by atoms with Crippen molar-refractivity contribution in [1.82, 2.24) is 9.97 Å². The third-order valence-electron chi connectivity index (χ3n) is 3.19. The minimum atomic E-state index is 0.216. The van der Waals surface area contributed by atoms with Gasteiger partial charge < -0.3 is 11.1 Å². The van der Waals surface area contributed by atoms with E-state index in [4.69, 9.17) is 17.3 Å². The Morgan fingerprint density at radius 3 is 2.75 bits per heavy atom. The third kappa shape index (κ3) is 2.76. The predicted molar refractivity (Wildman–Crippen MR) is 66.5 cm³/mol. The first-order valence-electron chi connectivity index (χ1n) is 5.72. The van der Waals surface area contributed by atoms with Gasteiger partial charge in [-0.25, -0.2) is 4.98 Å². The smallest absolute Gasteiger partial charge is 0.223 e. The molecule has 0 radical (unpaired) electrons. The topological polar surface area (TPSA) is 63.8 Å². The summed E-state index contributed by atoms with van der Waals surface area (Å²) in [6.45, 7) is 2.18. The van der Waals surface area contributed by atoms with Crippen molar-refractivity contribution in [2.45, 2.75) is 38.6 Å². The molecule has 0 spiro atoms. The van der Waals surface area contributed by atoms with Gasteiger partial charge in [0, 0.05) is 12.1 Å². The van der Waals surface area contributed by atoms with Gasteiger partial charge >= 0.3 is 0 Å². The van der Waals surface area contributed by atoms with Crippen molar-refractivity contribution in [3.05, 3.63) is 11.2 Å². The van der Waals surface area contributed by atoms with Crippen LogP contribution in [-0.2, 0) is 0 Å². The lowest BCUT2D eigenvalue weighted by atomic mass is 10.00. The first kappa shape index (κ1) is 11.5. The first-order valence-corrected chi connectivity index (χ1v) is 6.09. The minimum absolute atomic E-state index is 0.216. The number of anilines is 2. The summed E-state index contributed by atoms with van der Waals surface area (Å²) in [5, 5.41) is 3.73. The van der Waals surface area contributed by atoms with Crippen molar-refractivity contribution in [2.75, 3.05) is 11.1 Å². The van der Waals surface area contributed by atoms with E-state index < -0.39 is 0 Å². The van der Waals surface area contributed by atoms with E-state index >= 15 is 0 Å². The van der Waals surface area contributed by atoms with Crippen molar-refractivity contribution in [3.63, 3.8) is 0 Å². The number of nitrogens with one attached hydrogen (secondary N) is 1. The molecule has 0 aliphatic heterocycles. The molecule has 1 unspecified atom stereocenters. The van der Waals surface area contributed by atoms with Crippen LogP contribution in [0.4, 0.5) is 11.8 Å². The van der Waals surface area contributed by atoms with Crippen LogP contribution in [0.25, 0.3) is 0 Å². The molecule has 0 amide bonds. The number of nitrogens with two attached hydrogens (primary N) is 1. The van der Waals surface area contributed by atoms with Gasteiger partial charge in [-0.05, 0) is 25.7 Å². The molecule has 1 aromatic heterocycles. The summed E-state index contributed by atoms with van der Waals surface area (Å²) in [7, 11) is 0. The number of nitrogen functional groups attached to an aromatic ring is 1. The van der Waals surface area contributed by atoms with Crippen molar-refractivity contribution < 1.29 is 0 Å². The normalized spacial score (nSPS) is 18.6. The molecule has 1 saturated carbocycles. The molecule has 2 rings (SSSR count). The van der Waals surface area contributed by atoms with E-state index in [-0.39, 0.29) is 5.95 Å². The third-order valence-corrected chi connectivity index (χ3v) is 3.39. The van der Waals surface area contributed by atoms with Crippen molar-refractivity contribution in [2.24, 2.45) is 5.92 Å². The molecule has 16 heavy (non-hydrogen) atoms. The molecule has 1 atom stereocenters. The Morgan fingerprint density at radius 1 is 1.44 bits per heavy atom. The Hall–Kier alpha value is -1.03. The second-order valence-electron chi connectivity index (χ2n) is 4.41. The minimum Gasteiger partial charge on any atom is -0.368 e. The highest BCUT2D eigenvalue weighted by Crippen LogP contribution is 2.29. The molecule has 4 nitrogen and oxygen atoms in total. The van der Waals surface area contributed by atoms with Gasteiger partial charge in [0.25, 0.3) is 0 Å². The van der Waals surface area contributed by atoms with Gasteiger partial charge in [-0.2, -0.15) is 4.98 Å². The number of aromatic nitrogens is 2. The molecule has 0 aromatic carbocycles.